The number of benzene rings is 1. The molecular formula is C15H19F4N. The summed E-state index contributed by atoms with van der Waals surface area (Å²) in [4.78, 5) is 0. The Balaban J connectivity index is 1.96. The number of nitrogens with one attached hydrogen (secondary N) is 1. The lowest BCUT2D eigenvalue weighted by molar-refractivity contribution is -0.137. The molecule has 1 aromatic rings. The van der Waals surface area contributed by atoms with Crippen molar-refractivity contribution in [3.05, 3.63) is 29.6 Å². The van der Waals surface area contributed by atoms with Crippen LogP contribution in [-0.2, 0) is 6.18 Å². The van der Waals surface area contributed by atoms with Gasteiger partial charge >= 0.3 is 6.18 Å². The SMILES string of the molecule is CC1CCCC(CNc2ccc(C(F)(F)F)cc2F)C1. The van der Waals surface area contributed by atoms with Crippen LogP contribution in [0.2, 0.25) is 0 Å². The molecule has 0 radical (unpaired) electrons. The quantitative estimate of drug-likeness (QED) is 0.765. The van der Waals surface area contributed by atoms with Crippen molar-refractivity contribution < 1.29 is 17.6 Å². The molecule has 5 heteroatoms. The smallest absolute Gasteiger partial charge is 0.382 e. The maximum absolute atomic E-state index is 13.6. The molecule has 2 rings (SSSR count). The van der Waals surface area contributed by atoms with Crippen LogP contribution in [0.5, 0.6) is 0 Å². The summed E-state index contributed by atoms with van der Waals surface area (Å²) in [7, 11) is 0. The molecule has 0 heterocycles. The molecule has 0 aromatic heterocycles. The van der Waals surface area contributed by atoms with Gasteiger partial charge in [0.05, 0.1) is 11.3 Å². The van der Waals surface area contributed by atoms with Crippen LogP contribution in [0.15, 0.2) is 18.2 Å². The standard InChI is InChI=1S/C15H19F4N/c1-10-3-2-4-11(7-10)9-20-14-6-5-12(8-13(14)16)15(17,18)19/h5-6,8,10-11,20H,2-4,7,9H2,1H3. The Kier molecular flexibility index (Phi) is 4.55. The van der Waals surface area contributed by atoms with Crippen molar-refractivity contribution in [2.45, 2.75) is 38.8 Å². The molecule has 20 heavy (non-hydrogen) atoms. The predicted molar refractivity (Wildman–Crippen MR) is 71.0 cm³/mol. The highest BCUT2D eigenvalue weighted by molar-refractivity contribution is 5.46. The summed E-state index contributed by atoms with van der Waals surface area (Å²) < 4.78 is 50.9. The maximum atomic E-state index is 13.6. The first-order chi connectivity index (χ1) is 9.36. The molecule has 0 bridgehead atoms. The van der Waals surface area contributed by atoms with Crippen molar-refractivity contribution in [3.63, 3.8) is 0 Å². The Morgan fingerprint density at radius 1 is 1.25 bits per heavy atom. The van der Waals surface area contributed by atoms with Crippen molar-refractivity contribution in [2.75, 3.05) is 11.9 Å². The molecule has 1 N–H and O–H groups in total. The van der Waals surface area contributed by atoms with Gasteiger partial charge in [0, 0.05) is 6.54 Å². The fraction of sp³-hybridized carbons (Fsp3) is 0.600. The molecule has 0 amide bonds. The molecule has 1 aliphatic carbocycles. The third kappa shape index (κ3) is 3.87. The van der Waals surface area contributed by atoms with Gasteiger partial charge < -0.3 is 5.32 Å². The molecule has 2 atom stereocenters. The summed E-state index contributed by atoms with van der Waals surface area (Å²) in [5.74, 6) is 0.303. The average Bonchev–Trinajstić information content (AvgIpc) is 2.36. The van der Waals surface area contributed by atoms with E-state index >= 15 is 0 Å². The molecule has 0 spiro atoms. The van der Waals surface area contributed by atoms with Gasteiger partial charge in [-0.2, -0.15) is 13.2 Å². The number of hydrogen-bond donors (Lipinski definition) is 1. The molecule has 1 fully saturated rings. The van der Waals surface area contributed by atoms with Gasteiger partial charge in [-0.1, -0.05) is 19.8 Å². The minimum Gasteiger partial charge on any atom is -0.382 e. The molecule has 2 unspecified atom stereocenters. The zero-order valence-electron chi connectivity index (χ0n) is 11.4. The van der Waals surface area contributed by atoms with E-state index < -0.39 is 17.6 Å². The second-order valence-corrected chi connectivity index (χ2v) is 5.71. The normalized spacial score (nSPS) is 23.6. The Morgan fingerprint density at radius 2 is 2.00 bits per heavy atom. The summed E-state index contributed by atoms with van der Waals surface area (Å²) in [5.41, 5.74) is -0.803. The fourth-order valence-electron chi connectivity index (χ4n) is 2.83. The van der Waals surface area contributed by atoms with Gasteiger partial charge in [-0.15, -0.1) is 0 Å². The fourth-order valence-corrected chi connectivity index (χ4v) is 2.83. The lowest BCUT2D eigenvalue weighted by atomic mass is 9.82. The zero-order valence-corrected chi connectivity index (χ0v) is 11.4. The van der Waals surface area contributed by atoms with Gasteiger partial charge in [0.2, 0.25) is 0 Å². The van der Waals surface area contributed by atoms with Crippen molar-refractivity contribution in [1.82, 2.24) is 0 Å². The monoisotopic (exact) mass is 289 g/mol. The first-order valence-corrected chi connectivity index (χ1v) is 6.97. The van der Waals surface area contributed by atoms with Crippen LogP contribution in [0.3, 0.4) is 0 Å². The first kappa shape index (κ1) is 15.1. The molecule has 1 nitrogen and oxygen atoms in total. The van der Waals surface area contributed by atoms with Crippen LogP contribution < -0.4 is 5.32 Å². The first-order valence-electron chi connectivity index (χ1n) is 6.97. The van der Waals surface area contributed by atoms with Crippen molar-refractivity contribution in [2.24, 2.45) is 11.8 Å². The highest BCUT2D eigenvalue weighted by Crippen LogP contribution is 2.32. The van der Waals surface area contributed by atoms with E-state index in [-0.39, 0.29) is 5.69 Å². The van der Waals surface area contributed by atoms with Crippen LogP contribution in [0.1, 0.15) is 38.2 Å². The number of rotatable bonds is 3. The van der Waals surface area contributed by atoms with Crippen molar-refractivity contribution in [1.29, 1.82) is 0 Å². The van der Waals surface area contributed by atoms with Crippen molar-refractivity contribution in [3.8, 4) is 0 Å². The molecule has 0 saturated heterocycles. The van der Waals surface area contributed by atoms with Gasteiger partial charge in [0.15, 0.2) is 0 Å². The van der Waals surface area contributed by atoms with E-state index in [0.29, 0.717) is 24.4 Å². The van der Waals surface area contributed by atoms with E-state index in [0.717, 1.165) is 18.9 Å². The highest BCUT2D eigenvalue weighted by Gasteiger charge is 2.31. The van der Waals surface area contributed by atoms with Crippen LogP contribution >= 0.6 is 0 Å². The third-order valence-corrected chi connectivity index (χ3v) is 3.92. The van der Waals surface area contributed by atoms with Gasteiger partial charge in [-0.25, -0.2) is 4.39 Å². The van der Waals surface area contributed by atoms with Crippen LogP contribution in [0, 0.1) is 17.7 Å². The van der Waals surface area contributed by atoms with E-state index in [4.69, 9.17) is 0 Å². The third-order valence-electron chi connectivity index (χ3n) is 3.92. The molecule has 1 aliphatic rings. The van der Waals surface area contributed by atoms with E-state index in [1.165, 1.54) is 18.9 Å². The summed E-state index contributed by atoms with van der Waals surface area (Å²) >= 11 is 0. The predicted octanol–water partition coefficient (Wildman–Crippen LogP) is 5.08. The number of alkyl halides is 3. The molecule has 1 saturated carbocycles. The summed E-state index contributed by atoms with van der Waals surface area (Å²) in [6, 6.07) is 2.63. The molecule has 1 aromatic carbocycles. The van der Waals surface area contributed by atoms with Crippen LogP contribution in [-0.4, -0.2) is 6.54 Å². The highest BCUT2D eigenvalue weighted by atomic mass is 19.4. The van der Waals surface area contributed by atoms with E-state index in [1.807, 2.05) is 0 Å². The molecule has 0 aliphatic heterocycles. The van der Waals surface area contributed by atoms with E-state index in [1.54, 1.807) is 0 Å². The second kappa shape index (κ2) is 6.02. The Morgan fingerprint density at radius 3 is 2.60 bits per heavy atom. The maximum Gasteiger partial charge on any atom is 0.416 e. The number of halogens is 4. The van der Waals surface area contributed by atoms with E-state index in [2.05, 4.69) is 12.2 Å². The lowest BCUT2D eigenvalue weighted by Gasteiger charge is -2.27. The van der Waals surface area contributed by atoms with Crippen molar-refractivity contribution >= 4 is 5.69 Å². The largest absolute Gasteiger partial charge is 0.416 e. The molecule has 112 valence electrons. The van der Waals surface area contributed by atoms with Gasteiger partial charge in [-0.3, -0.25) is 0 Å². The Labute approximate surface area is 116 Å². The topological polar surface area (TPSA) is 12.0 Å². The lowest BCUT2D eigenvalue weighted by Crippen LogP contribution is -2.21. The molecular weight excluding hydrogens is 270 g/mol. The van der Waals surface area contributed by atoms with Gasteiger partial charge in [0.25, 0.3) is 0 Å². The second-order valence-electron chi connectivity index (χ2n) is 5.71. The van der Waals surface area contributed by atoms with Gasteiger partial charge in [-0.05, 0) is 42.9 Å². The zero-order chi connectivity index (χ0) is 14.8. The Bertz CT molecular complexity index is 456. The number of hydrogen-bond acceptors (Lipinski definition) is 1. The summed E-state index contributed by atoms with van der Waals surface area (Å²) in [6.45, 7) is 2.82. The summed E-state index contributed by atoms with van der Waals surface area (Å²) in [5, 5.41) is 2.94. The van der Waals surface area contributed by atoms with Gasteiger partial charge in [0.1, 0.15) is 5.82 Å². The van der Waals surface area contributed by atoms with Crippen LogP contribution in [0.25, 0.3) is 0 Å². The Hall–Kier alpha value is -1.26. The van der Waals surface area contributed by atoms with Crippen LogP contribution in [0.4, 0.5) is 23.2 Å². The summed E-state index contributed by atoms with van der Waals surface area (Å²) in [6.07, 6.45) is 0.0845. The van der Waals surface area contributed by atoms with E-state index in [9.17, 15) is 17.6 Å². The minimum absolute atomic E-state index is 0.149. The minimum atomic E-state index is -4.50. The number of anilines is 1. The average molecular weight is 289 g/mol.